The molecule has 1 N–H and O–H groups in total. The molecule has 1 aliphatic heterocycles. The van der Waals surface area contributed by atoms with Gasteiger partial charge in [-0.15, -0.1) is 0 Å². The van der Waals surface area contributed by atoms with Gasteiger partial charge in [0.25, 0.3) is 5.91 Å². The van der Waals surface area contributed by atoms with Crippen molar-refractivity contribution in [2.24, 2.45) is 0 Å². The van der Waals surface area contributed by atoms with Crippen LogP contribution < -0.4 is 9.64 Å². The van der Waals surface area contributed by atoms with Gasteiger partial charge in [-0.2, -0.15) is 0 Å². The Bertz CT molecular complexity index is 784. The lowest BCUT2D eigenvalue weighted by molar-refractivity contribution is 0.0694. The highest BCUT2D eigenvalue weighted by atomic mass is 16.5. The van der Waals surface area contributed by atoms with Gasteiger partial charge < -0.3 is 19.6 Å². The van der Waals surface area contributed by atoms with Crippen LogP contribution in [-0.4, -0.2) is 59.7 Å². The lowest BCUT2D eigenvalue weighted by Gasteiger charge is -2.35. The number of nitrogens with zero attached hydrogens (tertiary/aromatic N) is 3. The molecule has 2 heterocycles. The molecule has 0 unspecified atom stereocenters. The molecule has 1 aromatic heterocycles. The highest BCUT2D eigenvalue weighted by Gasteiger charge is 2.23. The Labute approximate surface area is 151 Å². The smallest absolute Gasteiger partial charge is 0.337 e. The van der Waals surface area contributed by atoms with Crippen molar-refractivity contribution in [3.63, 3.8) is 0 Å². The fourth-order valence-electron chi connectivity index (χ4n) is 2.91. The Morgan fingerprint density at radius 1 is 1.12 bits per heavy atom. The minimum absolute atomic E-state index is 0.0135. The van der Waals surface area contributed by atoms with Crippen molar-refractivity contribution in [2.45, 2.75) is 6.92 Å². The summed E-state index contributed by atoms with van der Waals surface area (Å²) in [5, 5.41) is 8.94. The van der Waals surface area contributed by atoms with E-state index in [0.717, 1.165) is 5.82 Å². The van der Waals surface area contributed by atoms with Crippen LogP contribution in [0.4, 0.5) is 5.82 Å². The molecule has 3 rings (SSSR count). The number of piperazine rings is 1. The van der Waals surface area contributed by atoms with Gasteiger partial charge in [-0.25, -0.2) is 9.78 Å². The fourth-order valence-corrected chi connectivity index (χ4v) is 2.91. The van der Waals surface area contributed by atoms with E-state index in [1.807, 2.05) is 28.9 Å². The molecule has 0 radical (unpaired) electrons. The van der Waals surface area contributed by atoms with Crippen molar-refractivity contribution in [1.29, 1.82) is 0 Å². The van der Waals surface area contributed by atoms with Gasteiger partial charge in [0.05, 0.1) is 12.2 Å². The van der Waals surface area contributed by atoms with Crippen molar-refractivity contribution in [3.05, 3.63) is 53.7 Å². The Kier molecular flexibility index (Phi) is 5.36. The van der Waals surface area contributed by atoms with Crippen molar-refractivity contribution in [3.8, 4) is 5.75 Å². The number of pyridine rings is 1. The number of aromatic nitrogens is 1. The number of carboxylic acids is 1. The molecule has 0 spiro atoms. The zero-order valence-electron chi connectivity index (χ0n) is 14.6. The largest absolute Gasteiger partial charge is 0.494 e. The molecule has 7 heteroatoms. The summed E-state index contributed by atoms with van der Waals surface area (Å²) >= 11 is 0. The SMILES string of the molecule is CCOc1cccc(C(=O)N2CCN(c3ccc(C(=O)O)cn3)CC2)c1. The highest BCUT2D eigenvalue weighted by molar-refractivity contribution is 5.94. The summed E-state index contributed by atoms with van der Waals surface area (Å²) in [7, 11) is 0. The lowest BCUT2D eigenvalue weighted by Crippen LogP contribution is -2.49. The van der Waals surface area contributed by atoms with Crippen LogP contribution >= 0.6 is 0 Å². The Morgan fingerprint density at radius 2 is 1.88 bits per heavy atom. The van der Waals surface area contributed by atoms with E-state index in [1.165, 1.54) is 6.20 Å². The minimum atomic E-state index is -0.992. The number of carboxylic acid groups (broad SMARTS) is 1. The molecule has 2 aromatic rings. The molecule has 0 saturated carbocycles. The van der Waals surface area contributed by atoms with Gasteiger partial charge in [0.15, 0.2) is 0 Å². The first-order valence-electron chi connectivity index (χ1n) is 8.55. The number of ether oxygens (including phenoxy) is 1. The second-order valence-electron chi connectivity index (χ2n) is 5.95. The molecule has 26 heavy (non-hydrogen) atoms. The first-order valence-corrected chi connectivity index (χ1v) is 8.55. The van der Waals surface area contributed by atoms with Crippen LogP contribution in [0.2, 0.25) is 0 Å². The summed E-state index contributed by atoms with van der Waals surface area (Å²) in [6, 6.07) is 10.5. The molecule has 0 aliphatic carbocycles. The number of benzene rings is 1. The normalized spacial score (nSPS) is 14.2. The fraction of sp³-hybridized carbons (Fsp3) is 0.316. The maximum Gasteiger partial charge on any atom is 0.337 e. The monoisotopic (exact) mass is 355 g/mol. The molecule has 1 aliphatic rings. The number of rotatable bonds is 5. The summed E-state index contributed by atoms with van der Waals surface area (Å²) < 4.78 is 5.46. The van der Waals surface area contributed by atoms with Gasteiger partial charge in [0.1, 0.15) is 11.6 Å². The number of carbonyl (C=O) groups excluding carboxylic acids is 1. The van der Waals surface area contributed by atoms with Gasteiger partial charge in [-0.1, -0.05) is 6.07 Å². The summed E-state index contributed by atoms with van der Waals surface area (Å²) in [6.07, 6.45) is 1.36. The molecule has 1 saturated heterocycles. The van der Waals surface area contributed by atoms with E-state index in [2.05, 4.69) is 4.98 Å². The third-order valence-corrected chi connectivity index (χ3v) is 4.28. The zero-order chi connectivity index (χ0) is 18.5. The van der Waals surface area contributed by atoms with E-state index in [-0.39, 0.29) is 11.5 Å². The maximum atomic E-state index is 12.7. The molecule has 0 atom stereocenters. The topological polar surface area (TPSA) is 83.0 Å². The number of carbonyl (C=O) groups is 2. The molecule has 1 aromatic carbocycles. The van der Waals surface area contributed by atoms with E-state index in [4.69, 9.17) is 9.84 Å². The Morgan fingerprint density at radius 3 is 2.50 bits per heavy atom. The summed E-state index contributed by atoms with van der Waals surface area (Å²) in [6.45, 7) is 4.93. The van der Waals surface area contributed by atoms with Crippen LogP contribution in [0.15, 0.2) is 42.6 Å². The third kappa shape index (κ3) is 3.93. The average molecular weight is 355 g/mol. The van der Waals surface area contributed by atoms with Gasteiger partial charge >= 0.3 is 5.97 Å². The average Bonchev–Trinajstić information content (AvgIpc) is 2.68. The third-order valence-electron chi connectivity index (χ3n) is 4.28. The number of amides is 1. The predicted molar refractivity (Wildman–Crippen MR) is 96.9 cm³/mol. The quantitative estimate of drug-likeness (QED) is 0.885. The van der Waals surface area contributed by atoms with Crippen LogP contribution in [-0.2, 0) is 0 Å². The molecule has 136 valence electrons. The standard InChI is InChI=1S/C19H21N3O4/c1-2-26-16-5-3-4-14(12-16)18(23)22-10-8-21(9-11-22)17-7-6-15(13-20-17)19(24)25/h3-7,12-13H,2,8-11H2,1H3,(H,24,25). The summed E-state index contributed by atoms with van der Waals surface area (Å²) in [5.74, 6) is 0.411. The van der Waals surface area contributed by atoms with Crippen LogP contribution in [0, 0.1) is 0 Å². The summed E-state index contributed by atoms with van der Waals surface area (Å²) in [4.78, 5) is 31.7. The Hall–Kier alpha value is -3.09. The van der Waals surface area contributed by atoms with Crippen molar-refractivity contribution in [1.82, 2.24) is 9.88 Å². The second-order valence-corrected chi connectivity index (χ2v) is 5.95. The first kappa shape index (κ1) is 17.7. The molecule has 1 fully saturated rings. The zero-order valence-corrected chi connectivity index (χ0v) is 14.6. The number of hydrogen-bond donors (Lipinski definition) is 1. The minimum Gasteiger partial charge on any atom is -0.494 e. The van der Waals surface area contributed by atoms with Crippen molar-refractivity contribution < 1.29 is 19.4 Å². The van der Waals surface area contributed by atoms with Gasteiger partial charge in [-0.3, -0.25) is 4.79 Å². The number of aromatic carboxylic acids is 1. The summed E-state index contributed by atoms with van der Waals surface area (Å²) in [5.41, 5.74) is 0.782. The highest BCUT2D eigenvalue weighted by Crippen LogP contribution is 2.18. The number of hydrogen-bond acceptors (Lipinski definition) is 5. The van der Waals surface area contributed by atoms with Crippen LogP contribution in [0.1, 0.15) is 27.6 Å². The van der Waals surface area contributed by atoms with Crippen molar-refractivity contribution >= 4 is 17.7 Å². The van der Waals surface area contributed by atoms with E-state index in [9.17, 15) is 9.59 Å². The maximum absolute atomic E-state index is 12.7. The van der Waals surface area contributed by atoms with E-state index < -0.39 is 5.97 Å². The molecule has 7 nitrogen and oxygen atoms in total. The Balaban J connectivity index is 1.61. The first-order chi connectivity index (χ1) is 12.6. The molecular formula is C19H21N3O4. The second kappa shape index (κ2) is 7.86. The van der Waals surface area contributed by atoms with Crippen LogP contribution in [0.25, 0.3) is 0 Å². The van der Waals surface area contributed by atoms with E-state index >= 15 is 0 Å². The molecule has 0 bridgehead atoms. The van der Waals surface area contributed by atoms with E-state index in [0.29, 0.717) is 44.1 Å². The van der Waals surface area contributed by atoms with Gasteiger partial charge in [-0.05, 0) is 37.3 Å². The van der Waals surface area contributed by atoms with Crippen molar-refractivity contribution in [2.75, 3.05) is 37.7 Å². The number of anilines is 1. The van der Waals surface area contributed by atoms with Crippen LogP contribution in [0.5, 0.6) is 5.75 Å². The molecular weight excluding hydrogens is 334 g/mol. The lowest BCUT2D eigenvalue weighted by atomic mass is 10.1. The predicted octanol–water partition coefficient (Wildman–Crippen LogP) is 2.14. The van der Waals surface area contributed by atoms with Gasteiger partial charge in [0.2, 0.25) is 0 Å². The molecule has 1 amide bonds. The van der Waals surface area contributed by atoms with Gasteiger partial charge in [0, 0.05) is 37.9 Å². The van der Waals surface area contributed by atoms with Crippen LogP contribution in [0.3, 0.4) is 0 Å². The van der Waals surface area contributed by atoms with E-state index in [1.54, 1.807) is 24.3 Å².